The second-order valence-corrected chi connectivity index (χ2v) is 12.0. The fraction of sp³-hybridized carbons (Fsp3) is 0.310. The van der Waals surface area contributed by atoms with Crippen LogP contribution < -0.4 is 9.62 Å². The van der Waals surface area contributed by atoms with Crippen LogP contribution in [0.2, 0.25) is 10.0 Å². The van der Waals surface area contributed by atoms with Crippen LogP contribution in [0.25, 0.3) is 0 Å². The molecule has 0 aliphatic carbocycles. The maximum Gasteiger partial charge on any atom is 0.242 e. The van der Waals surface area contributed by atoms with E-state index in [0.717, 1.165) is 22.9 Å². The number of anilines is 1. The Bertz CT molecular complexity index is 1400. The molecule has 3 aromatic carbocycles. The summed E-state index contributed by atoms with van der Waals surface area (Å²) in [5.41, 5.74) is 3.02. The zero-order chi connectivity index (χ0) is 28.6. The van der Waals surface area contributed by atoms with Gasteiger partial charge in [0.1, 0.15) is 6.04 Å². The number of carbonyl (C=O) groups is 2. The fourth-order valence-corrected chi connectivity index (χ4v) is 5.72. The van der Waals surface area contributed by atoms with E-state index < -0.39 is 16.1 Å². The molecule has 2 amide bonds. The largest absolute Gasteiger partial charge is 0.357 e. The summed E-state index contributed by atoms with van der Waals surface area (Å²) in [7, 11) is -2.04. The maximum absolute atomic E-state index is 13.7. The Morgan fingerprint density at radius 2 is 1.59 bits per heavy atom. The van der Waals surface area contributed by atoms with Gasteiger partial charge in [0, 0.05) is 33.0 Å². The summed E-state index contributed by atoms with van der Waals surface area (Å²) in [6, 6.07) is 21.0. The molecule has 0 aliphatic rings. The van der Waals surface area contributed by atoms with Gasteiger partial charge in [0.15, 0.2) is 0 Å². The molecule has 0 heterocycles. The summed E-state index contributed by atoms with van der Waals surface area (Å²) in [5.74, 6) is -0.575. The maximum atomic E-state index is 13.7. The molecule has 0 radical (unpaired) electrons. The zero-order valence-electron chi connectivity index (χ0n) is 22.2. The van der Waals surface area contributed by atoms with Crippen LogP contribution >= 0.6 is 23.2 Å². The molecule has 7 nitrogen and oxygen atoms in total. The highest BCUT2D eigenvalue weighted by Gasteiger charge is 2.30. The molecule has 1 atom stereocenters. The van der Waals surface area contributed by atoms with Crippen molar-refractivity contribution in [2.24, 2.45) is 0 Å². The van der Waals surface area contributed by atoms with Gasteiger partial charge in [-0.1, -0.05) is 77.8 Å². The van der Waals surface area contributed by atoms with Crippen molar-refractivity contribution in [2.45, 2.75) is 38.8 Å². The first-order valence-corrected chi connectivity index (χ1v) is 15.1. The molecule has 0 saturated heterocycles. The number of nitrogens with one attached hydrogen (secondary N) is 1. The van der Waals surface area contributed by atoms with E-state index in [1.54, 1.807) is 30.3 Å². The standard InChI is InChI=1S/C29H33Cl2N3O4S/c1-21-10-7-8-13-26(21)34(39(3,37)38)17-9-14-28(35)33(20-23-15-16-24(30)25(31)18-23)27(29(36)32-2)19-22-11-5-4-6-12-22/h4-8,10-13,15-16,18,27H,9,14,17,19-20H2,1-3H3,(H,32,36). The van der Waals surface area contributed by atoms with Crippen LogP contribution in [0.15, 0.2) is 72.8 Å². The summed E-state index contributed by atoms with van der Waals surface area (Å²) >= 11 is 12.3. The van der Waals surface area contributed by atoms with E-state index >= 15 is 0 Å². The van der Waals surface area contributed by atoms with Crippen LogP contribution in [0, 0.1) is 6.92 Å². The normalized spacial score (nSPS) is 12.0. The zero-order valence-corrected chi connectivity index (χ0v) is 24.6. The third-order valence-corrected chi connectivity index (χ3v) is 8.31. The second-order valence-electron chi connectivity index (χ2n) is 9.32. The summed E-state index contributed by atoms with van der Waals surface area (Å²) in [5, 5.41) is 3.42. The lowest BCUT2D eigenvalue weighted by molar-refractivity contribution is -0.141. The van der Waals surface area contributed by atoms with E-state index in [0.29, 0.717) is 22.2 Å². The fourth-order valence-electron chi connectivity index (χ4n) is 4.38. The third kappa shape index (κ3) is 8.46. The van der Waals surface area contributed by atoms with Gasteiger partial charge in [0.25, 0.3) is 0 Å². The van der Waals surface area contributed by atoms with Crippen molar-refractivity contribution in [1.82, 2.24) is 10.2 Å². The van der Waals surface area contributed by atoms with Gasteiger partial charge >= 0.3 is 0 Å². The van der Waals surface area contributed by atoms with Crippen molar-refractivity contribution in [3.05, 3.63) is 99.5 Å². The average Bonchev–Trinajstić information content (AvgIpc) is 2.90. The van der Waals surface area contributed by atoms with Crippen LogP contribution in [-0.2, 0) is 32.6 Å². The first-order chi connectivity index (χ1) is 18.5. The number of nitrogens with zero attached hydrogens (tertiary/aromatic N) is 2. The Labute approximate surface area is 240 Å². The molecule has 10 heteroatoms. The summed E-state index contributed by atoms with van der Waals surface area (Å²) in [4.78, 5) is 28.3. The Hall–Kier alpha value is -3.07. The van der Waals surface area contributed by atoms with E-state index in [-0.39, 0.29) is 37.7 Å². The first-order valence-electron chi connectivity index (χ1n) is 12.5. The van der Waals surface area contributed by atoms with Crippen molar-refractivity contribution < 1.29 is 18.0 Å². The topological polar surface area (TPSA) is 86.8 Å². The summed E-state index contributed by atoms with van der Waals surface area (Å²) < 4.78 is 26.5. The van der Waals surface area contributed by atoms with Crippen LogP contribution in [0.1, 0.15) is 29.5 Å². The van der Waals surface area contributed by atoms with Gasteiger partial charge in [-0.3, -0.25) is 13.9 Å². The smallest absolute Gasteiger partial charge is 0.242 e. The minimum absolute atomic E-state index is 0.0432. The molecular weight excluding hydrogens is 557 g/mol. The minimum atomic E-state index is -3.57. The van der Waals surface area contributed by atoms with E-state index in [1.807, 2.05) is 49.4 Å². The summed E-state index contributed by atoms with van der Waals surface area (Å²) in [6.07, 6.45) is 1.77. The second kappa shape index (κ2) is 13.8. The van der Waals surface area contributed by atoms with Crippen LogP contribution in [0.3, 0.4) is 0 Å². The van der Waals surface area contributed by atoms with Gasteiger partial charge in [-0.2, -0.15) is 0 Å². The number of hydrogen-bond donors (Lipinski definition) is 1. The van der Waals surface area contributed by atoms with E-state index in [2.05, 4.69) is 5.32 Å². The highest BCUT2D eigenvalue weighted by Crippen LogP contribution is 2.26. The van der Waals surface area contributed by atoms with Crippen molar-refractivity contribution in [3.8, 4) is 0 Å². The number of rotatable bonds is 12. The SMILES string of the molecule is CNC(=O)C(Cc1ccccc1)N(Cc1ccc(Cl)c(Cl)c1)C(=O)CCCN(c1ccccc1C)S(C)(=O)=O. The van der Waals surface area contributed by atoms with Gasteiger partial charge in [0.05, 0.1) is 22.0 Å². The Kier molecular flexibility index (Phi) is 10.8. The number of halogens is 2. The number of benzene rings is 3. The van der Waals surface area contributed by atoms with Gasteiger partial charge < -0.3 is 10.2 Å². The number of hydrogen-bond acceptors (Lipinski definition) is 4. The van der Waals surface area contributed by atoms with Crippen molar-refractivity contribution in [3.63, 3.8) is 0 Å². The highest BCUT2D eigenvalue weighted by molar-refractivity contribution is 7.92. The van der Waals surface area contributed by atoms with Crippen LogP contribution in [0.5, 0.6) is 0 Å². The van der Waals surface area contributed by atoms with Crippen LogP contribution in [-0.4, -0.2) is 51.0 Å². The molecule has 208 valence electrons. The molecule has 0 bridgehead atoms. The lowest BCUT2D eigenvalue weighted by Crippen LogP contribution is -2.49. The van der Waals surface area contributed by atoms with Gasteiger partial charge in [0.2, 0.25) is 21.8 Å². The summed E-state index contributed by atoms with van der Waals surface area (Å²) in [6.45, 7) is 2.10. The predicted molar refractivity (Wildman–Crippen MR) is 158 cm³/mol. The molecule has 39 heavy (non-hydrogen) atoms. The predicted octanol–water partition coefficient (Wildman–Crippen LogP) is 5.23. The van der Waals surface area contributed by atoms with Crippen molar-refractivity contribution >= 4 is 50.7 Å². The molecule has 0 saturated carbocycles. The van der Waals surface area contributed by atoms with Crippen LogP contribution in [0.4, 0.5) is 5.69 Å². The monoisotopic (exact) mass is 589 g/mol. The van der Waals surface area contributed by atoms with Gasteiger partial charge in [-0.25, -0.2) is 8.42 Å². The number of carbonyl (C=O) groups excluding carboxylic acids is 2. The van der Waals surface area contributed by atoms with Crippen molar-refractivity contribution in [1.29, 1.82) is 0 Å². The Morgan fingerprint density at radius 1 is 0.923 bits per heavy atom. The molecule has 3 aromatic rings. The number of likely N-dealkylation sites (N-methyl/N-ethyl adjacent to an activating group) is 1. The van der Waals surface area contributed by atoms with Crippen molar-refractivity contribution in [2.75, 3.05) is 24.2 Å². The van der Waals surface area contributed by atoms with Gasteiger partial charge in [-0.05, 0) is 48.2 Å². The van der Waals surface area contributed by atoms with E-state index in [4.69, 9.17) is 23.2 Å². The third-order valence-electron chi connectivity index (χ3n) is 6.39. The quantitative estimate of drug-likeness (QED) is 0.313. The average molecular weight is 591 g/mol. The molecule has 0 aromatic heterocycles. The Morgan fingerprint density at radius 3 is 2.21 bits per heavy atom. The molecule has 3 rings (SSSR count). The lowest BCUT2D eigenvalue weighted by Gasteiger charge is -2.32. The number of aryl methyl sites for hydroxylation is 1. The van der Waals surface area contributed by atoms with E-state index in [9.17, 15) is 18.0 Å². The lowest BCUT2D eigenvalue weighted by atomic mass is 10.0. The Balaban J connectivity index is 1.87. The molecule has 0 fully saturated rings. The van der Waals surface area contributed by atoms with E-state index in [1.165, 1.54) is 16.3 Å². The molecule has 0 aliphatic heterocycles. The number of para-hydroxylation sites is 1. The first kappa shape index (κ1) is 30.5. The molecule has 1 N–H and O–H groups in total. The highest BCUT2D eigenvalue weighted by atomic mass is 35.5. The number of amides is 2. The number of sulfonamides is 1. The minimum Gasteiger partial charge on any atom is -0.357 e. The molecular formula is C29H33Cl2N3O4S. The molecule has 1 unspecified atom stereocenters. The molecule has 0 spiro atoms. The van der Waals surface area contributed by atoms with Gasteiger partial charge in [-0.15, -0.1) is 0 Å².